The molecule has 1 aliphatic rings. The summed E-state index contributed by atoms with van der Waals surface area (Å²) in [5, 5.41) is 3.42. The van der Waals surface area contributed by atoms with Crippen LogP contribution >= 0.6 is 0 Å². The topological polar surface area (TPSA) is 50.3 Å². The van der Waals surface area contributed by atoms with Crippen molar-refractivity contribution in [1.29, 1.82) is 0 Å². The van der Waals surface area contributed by atoms with Crippen molar-refractivity contribution < 1.29 is 4.74 Å². The van der Waals surface area contributed by atoms with Crippen molar-refractivity contribution >= 4 is 11.5 Å². The predicted octanol–water partition coefficient (Wildman–Crippen LogP) is 2.12. The van der Waals surface area contributed by atoms with Crippen LogP contribution in [0.3, 0.4) is 0 Å². The molecule has 104 valence electrons. The molecular weight excluding hydrogens is 252 g/mol. The molecular formula is C15H18N4O. The molecule has 2 heterocycles. The fraction of sp³-hybridized carbons (Fsp3) is 0.333. The summed E-state index contributed by atoms with van der Waals surface area (Å²) in [5.74, 6) is 1.40. The van der Waals surface area contributed by atoms with Gasteiger partial charge in [-0.15, -0.1) is 0 Å². The number of rotatable bonds is 3. The zero-order valence-electron chi connectivity index (χ0n) is 11.5. The number of fused-ring (bicyclic) bond motifs is 1. The zero-order valence-corrected chi connectivity index (χ0v) is 11.5. The largest absolute Gasteiger partial charge is 0.477 e. The lowest BCUT2D eigenvalue weighted by Gasteiger charge is -2.23. The van der Waals surface area contributed by atoms with Gasteiger partial charge < -0.3 is 15.0 Å². The van der Waals surface area contributed by atoms with Gasteiger partial charge in [0.15, 0.2) is 5.82 Å². The Balaban J connectivity index is 1.98. The third kappa shape index (κ3) is 2.58. The molecule has 0 spiro atoms. The maximum absolute atomic E-state index is 5.44. The Morgan fingerprint density at radius 1 is 1.30 bits per heavy atom. The number of hydrogen-bond acceptors (Lipinski definition) is 5. The standard InChI is InChI=1S/C15H18N4O/c1-2-20-15-11-17-10-14(18-15)19-8-7-16-9-12-5-3-4-6-13(12)19/h3-6,10-11,16H,2,7-9H2,1H3. The van der Waals surface area contributed by atoms with E-state index >= 15 is 0 Å². The molecule has 1 aliphatic heterocycles. The Hall–Kier alpha value is -2.14. The van der Waals surface area contributed by atoms with Crippen molar-refractivity contribution in [2.45, 2.75) is 13.5 Å². The Kier molecular flexibility index (Phi) is 3.78. The van der Waals surface area contributed by atoms with Gasteiger partial charge in [0.2, 0.25) is 5.88 Å². The minimum Gasteiger partial charge on any atom is -0.477 e. The van der Waals surface area contributed by atoms with E-state index in [1.54, 1.807) is 12.4 Å². The molecule has 20 heavy (non-hydrogen) atoms. The fourth-order valence-electron chi connectivity index (χ4n) is 2.38. The second kappa shape index (κ2) is 5.88. The maximum Gasteiger partial charge on any atom is 0.234 e. The van der Waals surface area contributed by atoms with Crippen molar-refractivity contribution in [2.24, 2.45) is 0 Å². The quantitative estimate of drug-likeness (QED) is 0.925. The van der Waals surface area contributed by atoms with Crippen molar-refractivity contribution in [2.75, 3.05) is 24.6 Å². The van der Waals surface area contributed by atoms with Crippen LogP contribution in [0.5, 0.6) is 5.88 Å². The van der Waals surface area contributed by atoms with Gasteiger partial charge in [0.05, 0.1) is 19.0 Å². The number of anilines is 2. The molecule has 0 fully saturated rings. The van der Waals surface area contributed by atoms with Crippen molar-refractivity contribution in [3.05, 3.63) is 42.2 Å². The average molecular weight is 270 g/mol. The summed E-state index contributed by atoms with van der Waals surface area (Å²) >= 11 is 0. The van der Waals surface area contributed by atoms with Crippen LogP contribution in [0, 0.1) is 0 Å². The van der Waals surface area contributed by atoms with Gasteiger partial charge in [-0.05, 0) is 18.6 Å². The third-order valence-corrected chi connectivity index (χ3v) is 3.28. The highest BCUT2D eigenvalue weighted by Crippen LogP contribution is 2.28. The normalized spacial score (nSPS) is 14.6. The number of hydrogen-bond donors (Lipinski definition) is 1. The number of ether oxygens (including phenoxy) is 1. The molecule has 1 N–H and O–H groups in total. The Morgan fingerprint density at radius 3 is 3.10 bits per heavy atom. The molecule has 0 amide bonds. The van der Waals surface area contributed by atoms with Crippen LogP contribution < -0.4 is 15.0 Å². The molecule has 1 aromatic heterocycles. The van der Waals surface area contributed by atoms with Gasteiger partial charge in [-0.1, -0.05) is 18.2 Å². The van der Waals surface area contributed by atoms with Crippen LogP contribution in [0.4, 0.5) is 11.5 Å². The van der Waals surface area contributed by atoms with Gasteiger partial charge in [0.1, 0.15) is 0 Å². The maximum atomic E-state index is 5.44. The first kappa shape index (κ1) is 12.9. The first-order chi connectivity index (χ1) is 9.88. The van der Waals surface area contributed by atoms with E-state index in [0.717, 1.165) is 25.5 Å². The molecule has 2 aromatic rings. The van der Waals surface area contributed by atoms with E-state index in [4.69, 9.17) is 4.74 Å². The minimum absolute atomic E-state index is 0.569. The number of benzene rings is 1. The summed E-state index contributed by atoms with van der Waals surface area (Å²) in [5.41, 5.74) is 2.45. The smallest absolute Gasteiger partial charge is 0.234 e. The van der Waals surface area contributed by atoms with Gasteiger partial charge >= 0.3 is 0 Å². The number of nitrogens with one attached hydrogen (secondary N) is 1. The third-order valence-electron chi connectivity index (χ3n) is 3.28. The lowest BCUT2D eigenvalue weighted by Crippen LogP contribution is -2.25. The first-order valence-electron chi connectivity index (χ1n) is 6.89. The highest BCUT2D eigenvalue weighted by molar-refractivity contribution is 5.64. The first-order valence-corrected chi connectivity index (χ1v) is 6.89. The van der Waals surface area contributed by atoms with E-state index in [1.165, 1.54) is 11.3 Å². The average Bonchev–Trinajstić information content (AvgIpc) is 2.70. The molecule has 0 atom stereocenters. The van der Waals surface area contributed by atoms with E-state index in [1.807, 2.05) is 6.92 Å². The molecule has 5 heteroatoms. The molecule has 5 nitrogen and oxygen atoms in total. The Bertz CT molecular complexity index is 588. The summed E-state index contributed by atoms with van der Waals surface area (Å²) in [6, 6.07) is 8.38. The monoisotopic (exact) mass is 270 g/mol. The van der Waals surface area contributed by atoms with E-state index < -0.39 is 0 Å². The number of aromatic nitrogens is 2. The second-order valence-electron chi connectivity index (χ2n) is 4.61. The summed E-state index contributed by atoms with van der Waals surface area (Å²) in [6.45, 7) is 5.19. The van der Waals surface area contributed by atoms with Gasteiger partial charge in [-0.25, -0.2) is 0 Å². The van der Waals surface area contributed by atoms with Crippen LogP contribution in [0.2, 0.25) is 0 Å². The number of nitrogens with zero attached hydrogens (tertiary/aromatic N) is 3. The second-order valence-corrected chi connectivity index (χ2v) is 4.61. The predicted molar refractivity (Wildman–Crippen MR) is 78.4 cm³/mol. The van der Waals surface area contributed by atoms with Gasteiger partial charge in [0, 0.05) is 25.3 Å². The van der Waals surface area contributed by atoms with Crippen molar-refractivity contribution in [1.82, 2.24) is 15.3 Å². The fourth-order valence-corrected chi connectivity index (χ4v) is 2.38. The highest BCUT2D eigenvalue weighted by atomic mass is 16.5. The van der Waals surface area contributed by atoms with E-state index in [-0.39, 0.29) is 0 Å². The summed E-state index contributed by atoms with van der Waals surface area (Å²) < 4.78 is 5.44. The highest BCUT2D eigenvalue weighted by Gasteiger charge is 2.17. The van der Waals surface area contributed by atoms with E-state index in [2.05, 4.69) is 44.5 Å². The van der Waals surface area contributed by atoms with Crippen molar-refractivity contribution in [3.8, 4) is 5.88 Å². The van der Waals surface area contributed by atoms with Crippen LogP contribution in [-0.4, -0.2) is 29.7 Å². The van der Waals surface area contributed by atoms with Gasteiger partial charge in [0.25, 0.3) is 0 Å². The Morgan fingerprint density at radius 2 is 2.20 bits per heavy atom. The minimum atomic E-state index is 0.569. The molecule has 0 radical (unpaired) electrons. The van der Waals surface area contributed by atoms with Crippen LogP contribution in [0.1, 0.15) is 12.5 Å². The van der Waals surface area contributed by atoms with Crippen LogP contribution in [0.15, 0.2) is 36.7 Å². The molecule has 1 aromatic carbocycles. The van der Waals surface area contributed by atoms with Gasteiger partial charge in [-0.2, -0.15) is 4.98 Å². The van der Waals surface area contributed by atoms with Crippen LogP contribution in [0.25, 0.3) is 0 Å². The summed E-state index contributed by atoms with van der Waals surface area (Å²) in [4.78, 5) is 11.0. The zero-order chi connectivity index (χ0) is 13.8. The molecule has 0 unspecified atom stereocenters. The lowest BCUT2D eigenvalue weighted by molar-refractivity contribution is 0.325. The molecule has 0 bridgehead atoms. The molecule has 0 aliphatic carbocycles. The molecule has 3 rings (SSSR count). The van der Waals surface area contributed by atoms with Crippen molar-refractivity contribution in [3.63, 3.8) is 0 Å². The Labute approximate surface area is 118 Å². The van der Waals surface area contributed by atoms with Crippen LogP contribution in [-0.2, 0) is 6.54 Å². The summed E-state index contributed by atoms with van der Waals surface area (Å²) in [6.07, 6.45) is 3.43. The number of para-hydroxylation sites is 1. The lowest BCUT2D eigenvalue weighted by atomic mass is 10.1. The van der Waals surface area contributed by atoms with Gasteiger partial charge in [-0.3, -0.25) is 4.98 Å². The van der Waals surface area contributed by atoms with E-state index in [9.17, 15) is 0 Å². The molecule has 0 saturated carbocycles. The molecule has 0 saturated heterocycles. The van der Waals surface area contributed by atoms with E-state index in [0.29, 0.717) is 12.5 Å². The SMILES string of the molecule is CCOc1cncc(N2CCNCc3ccccc32)n1. The summed E-state index contributed by atoms with van der Waals surface area (Å²) in [7, 11) is 0.